The van der Waals surface area contributed by atoms with Gasteiger partial charge in [-0.05, 0) is 13.5 Å². The minimum Gasteiger partial charge on any atom is -0.342 e. The van der Waals surface area contributed by atoms with Crippen LogP contribution in [-0.4, -0.2) is 37.5 Å². The molecule has 0 aromatic carbocycles. The largest absolute Gasteiger partial charge is 0.342 e. The number of carbonyl (C=O) groups is 1. The summed E-state index contributed by atoms with van der Waals surface area (Å²) >= 11 is 0. The highest BCUT2D eigenvalue weighted by molar-refractivity contribution is 5.73. The van der Waals surface area contributed by atoms with Crippen molar-refractivity contribution < 1.29 is 4.79 Å². The van der Waals surface area contributed by atoms with E-state index in [-0.39, 0.29) is 20.8 Å². The van der Waals surface area contributed by atoms with Gasteiger partial charge in [-0.2, -0.15) is 0 Å². The number of carbonyl (C=O) groups excluding carboxylic acids is 1. The van der Waals surface area contributed by atoms with Crippen LogP contribution in [0.25, 0.3) is 0 Å². The Morgan fingerprint density at radius 2 is 1.85 bits per heavy atom. The minimum absolute atomic E-state index is 0. The third-order valence-corrected chi connectivity index (χ3v) is 1.57. The van der Waals surface area contributed by atoms with Gasteiger partial charge in [0, 0.05) is 26.6 Å². The maximum absolute atomic E-state index is 10.9. The van der Waals surface area contributed by atoms with Crippen molar-refractivity contribution in [2.45, 2.75) is 35.1 Å². The third kappa shape index (κ3) is 9.34. The molecule has 0 spiro atoms. The predicted molar refractivity (Wildman–Crippen MR) is 59.9 cm³/mol. The number of amides is 1. The van der Waals surface area contributed by atoms with Crippen molar-refractivity contribution in [3.8, 4) is 0 Å². The lowest BCUT2D eigenvalue weighted by Crippen LogP contribution is -2.35. The summed E-state index contributed by atoms with van der Waals surface area (Å²) in [5.74, 6) is 0.169. The van der Waals surface area contributed by atoms with Crippen molar-refractivity contribution in [1.82, 2.24) is 10.2 Å². The van der Waals surface area contributed by atoms with Crippen LogP contribution < -0.4 is 5.32 Å². The van der Waals surface area contributed by atoms with E-state index in [1.807, 2.05) is 11.9 Å². The molecular weight excluding hydrogens is 164 g/mol. The van der Waals surface area contributed by atoms with E-state index in [4.69, 9.17) is 0 Å². The zero-order chi connectivity index (χ0) is 8.69. The van der Waals surface area contributed by atoms with Crippen LogP contribution in [0.4, 0.5) is 0 Å². The number of nitrogens with one attached hydrogen (secondary N) is 1. The molecule has 0 bridgehead atoms. The summed E-state index contributed by atoms with van der Waals surface area (Å²) in [6, 6.07) is 0. The number of hydrogen-bond acceptors (Lipinski definition) is 2. The van der Waals surface area contributed by atoms with Crippen LogP contribution in [0, 0.1) is 0 Å². The SMILES string of the molecule is C.C.CCCN(CCNC)C(C)=O. The second-order valence-corrected chi connectivity index (χ2v) is 2.61. The van der Waals surface area contributed by atoms with Crippen molar-refractivity contribution in [2.24, 2.45) is 0 Å². The molecule has 0 saturated carbocycles. The van der Waals surface area contributed by atoms with Crippen molar-refractivity contribution >= 4 is 5.91 Å². The van der Waals surface area contributed by atoms with Gasteiger partial charge in [0.2, 0.25) is 5.91 Å². The Hall–Kier alpha value is -0.570. The predicted octanol–water partition coefficient (Wildman–Crippen LogP) is 1.74. The molecule has 3 nitrogen and oxygen atoms in total. The number of hydrogen-bond donors (Lipinski definition) is 1. The summed E-state index contributed by atoms with van der Waals surface area (Å²) in [5.41, 5.74) is 0. The summed E-state index contributed by atoms with van der Waals surface area (Å²) in [5, 5.41) is 3.02. The van der Waals surface area contributed by atoms with Crippen LogP contribution in [0.1, 0.15) is 35.1 Å². The monoisotopic (exact) mass is 190 g/mol. The smallest absolute Gasteiger partial charge is 0.219 e. The van der Waals surface area contributed by atoms with Crippen molar-refractivity contribution in [1.29, 1.82) is 0 Å². The van der Waals surface area contributed by atoms with E-state index in [1.54, 1.807) is 6.92 Å². The van der Waals surface area contributed by atoms with Gasteiger partial charge < -0.3 is 10.2 Å². The molecule has 82 valence electrons. The Morgan fingerprint density at radius 1 is 1.31 bits per heavy atom. The van der Waals surface area contributed by atoms with Gasteiger partial charge >= 0.3 is 0 Å². The van der Waals surface area contributed by atoms with Gasteiger partial charge in [-0.25, -0.2) is 0 Å². The molecular formula is C10H26N2O. The normalized spacial score (nSPS) is 8.23. The van der Waals surface area contributed by atoms with Gasteiger partial charge in [0.1, 0.15) is 0 Å². The highest BCUT2D eigenvalue weighted by Crippen LogP contribution is 1.90. The van der Waals surface area contributed by atoms with Crippen LogP contribution >= 0.6 is 0 Å². The Morgan fingerprint density at radius 3 is 2.15 bits per heavy atom. The first kappa shape index (κ1) is 18.3. The molecule has 0 saturated heterocycles. The third-order valence-electron chi connectivity index (χ3n) is 1.57. The Bertz CT molecular complexity index is 115. The minimum atomic E-state index is 0. The summed E-state index contributed by atoms with van der Waals surface area (Å²) in [4.78, 5) is 12.8. The second-order valence-electron chi connectivity index (χ2n) is 2.61. The van der Waals surface area contributed by atoms with Gasteiger partial charge in [0.25, 0.3) is 0 Å². The zero-order valence-electron chi connectivity index (χ0n) is 7.68. The van der Waals surface area contributed by atoms with Crippen molar-refractivity contribution in [3.63, 3.8) is 0 Å². The lowest BCUT2D eigenvalue weighted by atomic mass is 10.4. The molecule has 0 heterocycles. The average Bonchev–Trinajstić information content (AvgIpc) is 1.97. The molecule has 0 aromatic rings. The molecule has 0 aliphatic rings. The fourth-order valence-corrected chi connectivity index (χ4v) is 0.943. The molecule has 0 aromatic heterocycles. The number of likely N-dealkylation sites (N-methyl/N-ethyl adjacent to an activating group) is 1. The first-order chi connectivity index (χ1) is 5.22. The summed E-state index contributed by atoms with van der Waals surface area (Å²) in [7, 11) is 1.89. The van der Waals surface area contributed by atoms with Crippen molar-refractivity contribution in [2.75, 3.05) is 26.7 Å². The number of rotatable bonds is 5. The summed E-state index contributed by atoms with van der Waals surface area (Å²) in [6.45, 7) is 6.26. The first-order valence-corrected chi connectivity index (χ1v) is 4.12. The maximum atomic E-state index is 10.9. The van der Waals surface area contributed by atoms with E-state index in [1.165, 1.54) is 0 Å². The molecule has 1 N–H and O–H groups in total. The van der Waals surface area contributed by atoms with E-state index in [2.05, 4.69) is 12.2 Å². The second kappa shape index (κ2) is 11.4. The maximum Gasteiger partial charge on any atom is 0.219 e. The molecule has 0 rings (SSSR count). The molecule has 1 amide bonds. The van der Waals surface area contributed by atoms with E-state index in [9.17, 15) is 4.79 Å². The van der Waals surface area contributed by atoms with E-state index < -0.39 is 0 Å². The molecule has 0 unspecified atom stereocenters. The van der Waals surface area contributed by atoms with Gasteiger partial charge in [0.05, 0.1) is 0 Å². The molecule has 0 radical (unpaired) electrons. The lowest BCUT2D eigenvalue weighted by molar-refractivity contribution is -0.128. The Kier molecular flexibility index (Phi) is 16.1. The molecule has 0 atom stereocenters. The van der Waals surface area contributed by atoms with Crippen LogP contribution in [0.3, 0.4) is 0 Å². The molecule has 3 heteroatoms. The molecule has 0 aliphatic heterocycles. The van der Waals surface area contributed by atoms with Gasteiger partial charge in [0.15, 0.2) is 0 Å². The van der Waals surface area contributed by atoms with E-state index >= 15 is 0 Å². The topological polar surface area (TPSA) is 32.3 Å². The highest BCUT2D eigenvalue weighted by atomic mass is 16.2. The Balaban J connectivity index is -0.000000500. The van der Waals surface area contributed by atoms with Crippen LogP contribution in [-0.2, 0) is 4.79 Å². The van der Waals surface area contributed by atoms with Gasteiger partial charge in [-0.15, -0.1) is 0 Å². The summed E-state index contributed by atoms with van der Waals surface area (Å²) < 4.78 is 0. The van der Waals surface area contributed by atoms with Gasteiger partial charge in [-0.3, -0.25) is 4.79 Å². The molecule has 0 aliphatic carbocycles. The van der Waals surface area contributed by atoms with E-state index in [0.717, 1.165) is 26.1 Å². The van der Waals surface area contributed by atoms with Crippen LogP contribution in [0.5, 0.6) is 0 Å². The fourth-order valence-electron chi connectivity index (χ4n) is 0.943. The number of nitrogens with zero attached hydrogens (tertiary/aromatic N) is 1. The van der Waals surface area contributed by atoms with Crippen LogP contribution in [0.2, 0.25) is 0 Å². The lowest BCUT2D eigenvalue weighted by Gasteiger charge is -2.19. The zero-order valence-corrected chi connectivity index (χ0v) is 7.68. The van der Waals surface area contributed by atoms with Crippen molar-refractivity contribution in [3.05, 3.63) is 0 Å². The standard InChI is InChI=1S/C8H18N2O.2CH4/c1-4-6-10(8(2)11)7-5-9-3;;/h9H,4-7H2,1-3H3;2*1H4. The Labute approximate surface area is 83.5 Å². The average molecular weight is 190 g/mol. The van der Waals surface area contributed by atoms with Crippen LogP contribution in [0.15, 0.2) is 0 Å². The van der Waals surface area contributed by atoms with E-state index in [0.29, 0.717) is 0 Å². The fraction of sp³-hybridized carbons (Fsp3) is 0.900. The summed E-state index contributed by atoms with van der Waals surface area (Å²) in [6.07, 6.45) is 1.03. The molecule has 0 fully saturated rings. The highest BCUT2D eigenvalue weighted by Gasteiger charge is 2.04. The quantitative estimate of drug-likeness (QED) is 0.716. The first-order valence-electron chi connectivity index (χ1n) is 4.12. The van der Waals surface area contributed by atoms with Gasteiger partial charge in [-0.1, -0.05) is 21.8 Å². The molecule has 13 heavy (non-hydrogen) atoms.